The van der Waals surface area contributed by atoms with E-state index in [4.69, 9.17) is 0 Å². The molecule has 0 saturated carbocycles. The second-order valence-electron chi connectivity index (χ2n) is 5.56. The van der Waals surface area contributed by atoms with Gasteiger partial charge in [-0.25, -0.2) is 13.4 Å². The number of benzene rings is 1. The summed E-state index contributed by atoms with van der Waals surface area (Å²) in [5, 5.41) is 0.967. The van der Waals surface area contributed by atoms with Gasteiger partial charge in [-0.05, 0) is 38.5 Å². The molecule has 5 nitrogen and oxygen atoms in total. The normalized spacial score (nSPS) is 20.4. The van der Waals surface area contributed by atoms with E-state index in [-0.39, 0.29) is 23.5 Å². The van der Waals surface area contributed by atoms with Gasteiger partial charge in [-0.2, -0.15) is 0 Å². The summed E-state index contributed by atoms with van der Waals surface area (Å²) < 4.78 is 24.4. The number of nitrogens with zero attached hydrogens (tertiary/aromatic N) is 2. The molecule has 7 heteroatoms. The fourth-order valence-corrected chi connectivity index (χ4v) is 5.47. The fourth-order valence-electron chi connectivity index (χ4n) is 2.93. The highest BCUT2D eigenvalue weighted by Gasteiger charge is 2.34. The van der Waals surface area contributed by atoms with Gasteiger partial charge in [0.2, 0.25) is 0 Å². The number of hydrogen-bond acceptors (Lipinski definition) is 5. The zero-order chi connectivity index (χ0) is 15.9. The highest BCUT2D eigenvalue weighted by Crippen LogP contribution is 2.24. The van der Waals surface area contributed by atoms with Gasteiger partial charge in [-0.15, -0.1) is 11.3 Å². The molecule has 1 aromatic heterocycles. The van der Waals surface area contributed by atoms with E-state index in [1.54, 1.807) is 28.4 Å². The van der Waals surface area contributed by atoms with Crippen molar-refractivity contribution in [2.45, 2.75) is 26.3 Å². The molecule has 1 aromatic carbocycles. The molecule has 0 spiro atoms. The SMILES string of the molecule is CCN(C(=O)c1ccc2sc(C)nc2c1)[C@@H]1CCS(=O)(=O)C1. The molecule has 2 aromatic rings. The van der Waals surface area contributed by atoms with Crippen molar-refractivity contribution >= 4 is 37.3 Å². The summed E-state index contributed by atoms with van der Waals surface area (Å²) >= 11 is 1.60. The van der Waals surface area contributed by atoms with E-state index in [9.17, 15) is 13.2 Å². The van der Waals surface area contributed by atoms with E-state index in [1.165, 1.54) is 0 Å². The van der Waals surface area contributed by atoms with Crippen molar-refractivity contribution in [3.63, 3.8) is 0 Å². The summed E-state index contributed by atoms with van der Waals surface area (Å²) in [5.74, 6) is 0.133. The van der Waals surface area contributed by atoms with Crippen LogP contribution >= 0.6 is 11.3 Å². The van der Waals surface area contributed by atoms with Crippen molar-refractivity contribution in [2.75, 3.05) is 18.1 Å². The first kappa shape index (κ1) is 15.4. The number of aromatic nitrogens is 1. The number of carbonyl (C=O) groups excluding carboxylic acids is 1. The molecule has 3 rings (SSSR count). The average Bonchev–Trinajstić information content (AvgIpc) is 3.00. The number of aryl methyl sites for hydroxylation is 1. The minimum atomic E-state index is -3.00. The van der Waals surface area contributed by atoms with Crippen LogP contribution in [-0.2, 0) is 9.84 Å². The van der Waals surface area contributed by atoms with Crippen LogP contribution < -0.4 is 0 Å². The molecule has 0 radical (unpaired) electrons. The number of amides is 1. The molecule has 22 heavy (non-hydrogen) atoms. The van der Waals surface area contributed by atoms with E-state index in [0.29, 0.717) is 18.5 Å². The molecule has 1 aliphatic rings. The van der Waals surface area contributed by atoms with Gasteiger partial charge < -0.3 is 4.90 Å². The predicted molar refractivity (Wildman–Crippen MR) is 88.1 cm³/mol. The third-order valence-electron chi connectivity index (χ3n) is 3.99. The van der Waals surface area contributed by atoms with Crippen LogP contribution in [0.3, 0.4) is 0 Å². The van der Waals surface area contributed by atoms with Gasteiger partial charge in [0.25, 0.3) is 5.91 Å². The number of fused-ring (bicyclic) bond motifs is 1. The number of sulfone groups is 1. The van der Waals surface area contributed by atoms with Crippen LogP contribution in [0.2, 0.25) is 0 Å². The molecule has 2 heterocycles. The van der Waals surface area contributed by atoms with Crippen molar-refractivity contribution in [3.8, 4) is 0 Å². The molecule has 1 aliphatic heterocycles. The van der Waals surface area contributed by atoms with Crippen LogP contribution in [-0.4, -0.2) is 48.3 Å². The van der Waals surface area contributed by atoms with Gasteiger partial charge in [-0.1, -0.05) is 0 Å². The monoisotopic (exact) mass is 338 g/mol. The average molecular weight is 338 g/mol. The Hall–Kier alpha value is -1.47. The van der Waals surface area contributed by atoms with Gasteiger partial charge in [0.1, 0.15) is 0 Å². The summed E-state index contributed by atoms with van der Waals surface area (Å²) in [7, 11) is -3.00. The summed E-state index contributed by atoms with van der Waals surface area (Å²) in [6, 6.07) is 5.30. The first-order valence-electron chi connectivity index (χ1n) is 7.28. The lowest BCUT2D eigenvalue weighted by Gasteiger charge is -2.26. The molecule has 0 N–H and O–H groups in total. The van der Waals surface area contributed by atoms with Gasteiger partial charge >= 0.3 is 0 Å². The zero-order valence-corrected chi connectivity index (χ0v) is 14.2. The zero-order valence-electron chi connectivity index (χ0n) is 12.6. The maximum atomic E-state index is 12.7. The van der Waals surface area contributed by atoms with Gasteiger partial charge in [0.15, 0.2) is 9.84 Å². The first-order valence-corrected chi connectivity index (χ1v) is 9.92. The number of hydrogen-bond donors (Lipinski definition) is 0. The van der Waals surface area contributed by atoms with Crippen LogP contribution in [0, 0.1) is 6.92 Å². The Morgan fingerprint density at radius 3 is 2.86 bits per heavy atom. The minimum absolute atomic E-state index is 0.0740. The Morgan fingerprint density at radius 2 is 2.23 bits per heavy atom. The Labute approximate surface area is 133 Å². The van der Waals surface area contributed by atoms with E-state index in [2.05, 4.69) is 4.98 Å². The molecule has 1 atom stereocenters. The Balaban J connectivity index is 1.89. The summed E-state index contributed by atoms with van der Waals surface area (Å²) in [4.78, 5) is 18.8. The van der Waals surface area contributed by atoms with E-state index < -0.39 is 9.84 Å². The van der Waals surface area contributed by atoms with Crippen LogP contribution in [0.1, 0.15) is 28.7 Å². The number of rotatable bonds is 3. The summed E-state index contributed by atoms with van der Waals surface area (Å²) in [5.41, 5.74) is 1.40. The lowest BCUT2D eigenvalue weighted by atomic mass is 10.1. The lowest BCUT2D eigenvalue weighted by molar-refractivity contribution is 0.0708. The third kappa shape index (κ3) is 2.87. The van der Waals surface area contributed by atoms with Gasteiger partial charge in [-0.3, -0.25) is 4.79 Å². The molecule has 0 bridgehead atoms. The van der Waals surface area contributed by atoms with Crippen LogP contribution in [0.4, 0.5) is 0 Å². The molecule has 1 saturated heterocycles. The maximum absolute atomic E-state index is 12.7. The molecule has 118 valence electrons. The summed E-state index contributed by atoms with van der Waals surface area (Å²) in [6.45, 7) is 4.33. The Bertz CT molecular complexity index is 826. The van der Waals surface area contributed by atoms with Crippen molar-refractivity contribution in [1.82, 2.24) is 9.88 Å². The highest BCUT2D eigenvalue weighted by atomic mass is 32.2. The van der Waals surface area contributed by atoms with E-state index in [0.717, 1.165) is 15.2 Å². The van der Waals surface area contributed by atoms with E-state index >= 15 is 0 Å². The minimum Gasteiger partial charge on any atom is -0.335 e. The standard InChI is InChI=1S/C15H18N2O3S2/c1-3-17(12-6-7-22(19,20)9-12)15(18)11-4-5-14-13(8-11)16-10(2)21-14/h4-5,8,12H,3,6-7,9H2,1-2H3/t12-/m1/s1. The lowest BCUT2D eigenvalue weighted by Crippen LogP contribution is -2.40. The molecule has 0 unspecified atom stereocenters. The molecular weight excluding hydrogens is 320 g/mol. The van der Waals surface area contributed by atoms with Crippen molar-refractivity contribution in [2.24, 2.45) is 0 Å². The molecular formula is C15H18N2O3S2. The van der Waals surface area contributed by atoms with E-state index in [1.807, 2.05) is 19.9 Å². The second-order valence-corrected chi connectivity index (χ2v) is 9.03. The number of thiazole rings is 1. The molecule has 1 amide bonds. The van der Waals surface area contributed by atoms with Crippen LogP contribution in [0.15, 0.2) is 18.2 Å². The third-order valence-corrected chi connectivity index (χ3v) is 6.69. The maximum Gasteiger partial charge on any atom is 0.254 e. The molecule has 0 aliphatic carbocycles. The van der Waals surface area contributed by atoms with Crippen LogP contribution in [0.5, 0.6) is 0 Å². The van der Waals surface area contributed by atoms with Crippen LogP contribution in [0.25, 0.3) is 10.2 Å². The topological polar surface area (TPSA) is 67.3 Å². The first-order chi connectivity index (χ1) is 10.4. The largest absolute Gasteiger partial charge is 0.335 e. The quantitative estimate of drug-likeness (QED) is 0.861. The Morgan fingerprint density at radius 1 is 1.45 bits per heavy atom. The van der Waals surface area contributed by atoms with Crippen molar-refractivity contribution in [3.05, 3.63) is 28.8 Å². The smallest absolute Gasteiger partial charge is 0.254 e. The van der Waals surface area contributed by atoms with Gasteiger partial charge in [0, 0.05) is 18.2 Å². The number of carbonyl (C=O) groups is 1. The van der Waals surface area contributed by atoms with Crippen molar-refractivity contribution in [1.29, 1.82) is 0 Å². The van der Waals surface area contributed by atoms with Crippen molar-refractivity contribution < 1.29 is 13.2 Å². The molecule has 1 fully saturated rings. The second kappa shape index (κ2) is 5.62. The van der Waals surface area contributed by atoms with Gasteiger partial charge in [0.05, 0.1) is 26.7 Å². The summed E-state index contributed by atoms with van der Waals surface area (Å²) in [6.07, 6.45) is 0.528. The highest BCUT2D eigenvalue weighted by molar-refractivity contribution is 7.91. The predicted octanol–water partition coefficient (Wildman–Crippen LogP) is 2.25. The Kier molecular flexibility index (Phi) is 3.94. The fraction of sp³-hybridized carbons (Fsp3) is 0.467.